The molecule has 1 aromatic carbocycles. The van der Waals surface area contributed by atoms with Crippen LogP contribution in [0.2, 0.25) is 0 Å². The van der Waals surface area contributed by atoms with E-state index in [-0.39, 0.29) is 0 Å². The van der Waals surface area contributed by atoms with E-state index in [4.69, 9.17) is 14.9 Å². The maximum absolute atomic E-state index is 8.47. The Bertz CT molecular complexity index is 438. The highest BCUT2D eigenvalue weighted by Gasteiger charge is 2.13. The number of hydrogen-bond donors (Lipinski definition) is 1. The van der Waals surface area contributed by atoms with E-state index in [0.29, 0.717) is 17.3 Å². The maximum atomic E-state index is 8.47. The summed E-state index contributed by atoms with van der Waals surface area (Å²) >= 11 is 0. The van der Waals surface area contributed by atoms with Crippen molar-refractivity contribution < 1.29 is 9.47 Å². The number of amidine groups is 1. The second kappa shape index (κ2) is 9.27. The molecule has 0 aliphatic carbocycles. The first-order valence-corrected chi connectivity index (χ1v) is 7.73. The second-order valence-corrected chi connectivity index (χ2v) is 5.11. The lowest BCUT2D eigenvalue weighted by atomic mass is 10.1. The quantitative estimate of drug-likeness (QED) is 0.554. The molecule has 0 spiro atoms. The lowest BCUT2D eigenvalue weighted by molar-refractivity contribution is 0.354. The van der Waals surface area contributed by atoms with E-state index >= 15 is 0 Å². The predicted octanol–water partition coefficient (Wildman–Crippen LogP) is 3.93. The predicted molar refractivity (Wildman–Crippen MR) is 87.8 cm³/mol. The van der Waals surface area contributed by atoms with Gasteiger partial charge in [0.05, 0.1) is 14.2 Å². The zero-order valence-corrected chi connectivity index (χ0v) is 13.7. The van der Waals surface area contributed by atoms with Crippen molar-refractivity contribution in [2.45, 2.75) is 39.5 Å². The number of methoxy groups -OCH3 is 2. The van der Waals surface area contributed by atoms with Crippen molar-refractivity contribution in [2.24, 2.45) is 0 Å². The van der Waals surface area contributed by atoms with Crippen LogP contribution in [0.5, 0.6) is 11.5 Å². The highest BCUT2D eigenvalue weighted by Crippen LogP contribution is 2.28. The number of rotatable bonds is 9. The molecule has 0 aromatic heterocycles. The fourth-order valence-electron chi connectivity index (χ4n) is 2.20. The van der Waals surface area contributed by atoms with Gasteiger partial charge in [0.2, 0.25) is 0 Å². The molecular formula is C17H28N2O2. The van der Waals surface area contributed by atoms with Gasteiger partial charge in [0.15, 0.2) is 11.5 Å². The molecule has 0 saturated carbocycles. The van der Waals surface area contributed by atoms with Gasteiger partial charge >= 0.3 is 0 Å². The minimum Gasteiger partial charge on any atom is -0.493 e. The van der Waals surface area contributed by atoms with Crippen LogP contribution in [0.25, 0.3) is 0 Å². The van der Waals surface area contributed by atoms with Crippen LogP contribution >= 0.6 is 0 Å². The van der Waals surface area contributed by atoms with E-state index in [1.807, 2.05) is 18.2 Å². The molecule has 4 heteroatoms. The molecule has 0 fully saturated rings. The third-order valence-electron chi connectivity index (χ3n) is 3.54. The van der Waals surface area contributed by atoms with E-state index in [1.54, 1.807) is 14.2 Å². The number of nitrogens with one attached hydrogen (secondary N) is 1. The number of unbranched alkanes of at least 4 members (excludes halogenated alkanes) is 2. The van der Waals surface area contributed by atoms with Gasteiger partial charge in [-0.3, -0.25) is 5.41 Å². The van der Waals surface area contributed by atoms with Gasteiger partial charge in [-0.1, -0.05) is 26.7 Å². The average Bonchev–Trinajstić information content (AvgIpc) is 2.53. The molecule has 4 nitrogen and oxygen atoms in total. The van der Waals surface area contributed by atoms with Crippen LogP contribution in [0, 0.1) is 5.41 Å². The van der Waals surface area contributed by atoms with Gasteiger partial charge in [0.1, 0.15) is 5.84 Å². The second-order valence-electron chi connectivity index (χ2n) is 5.11. The van der Waals surface area contributed by atoms with Crippen LogP contribution in [0.4, 0.5) is 0 Å². The van der Waals surface area contributed by atoms with Crippen LogP contribution in [0.15, 0.2) is 18.2 Å². The van der Waals surface area contributed by atoms with E-state index in [9.17, 15) is 0 Å². The van der Waals surface area contributed by atoms with Crippen molar-refractivity contribution in [1.82, 2.24) is 4.90 Å². The lowest BCUT2D eigenvalue weighted by Gasteiger charge is -2.25. The summed E-state index contributed by atoms with van der Waals surface area (Å²) in [5.41, 5.74) is 0.875. The van der Waals surface area contributed by atoms with Crippen molar-refractivity contribution in [1.29, 1.82) is 5.41 Å². The van der Waals surface area contributed by atoms with Gasteiger partial charge < -0.3 is 14.4 Å². The van der Waals surface area contributed by atoms with Crippen molar-refractivity contribution >= 4 is 5.84 Å². The molecule has 0 aliphatic heterocycles. The van der Waals surface area contributed by atoms with Crippen LogP contribution in [-0.2, 0) is 0 Å². The average molecular weight is 292 g/mol. The Balaban J connectivity index is 2.91. The van der Waals surface area contributed by atoms with E-state index in [2.05, 4.69) is 18.7 Å². The first-order chi connectivity index (χ1) is 10.2. The van der Waals surface area contributed by atoms with Crippen LogP contribution < -0.4 is 9.47 Å². The third-order valence-corrected chi connectivity index (χ3v) is 3.54. The van der Waals surface area contributed by atoms with Gasteiger partial charge in [0, 0.05) is 18.7 Å². The van der Waals surface area contributed by atoms with E-state index in [1.165, 1.54) is 0 Å². The summed E-state index contributed by atoms with van der Waals surface area (Å²) in [4.78, 5) is 2.16. The minimum atomic E-state index is 0.567. The molecule has 21 heavy (non-hydrogen) atoms. The fourth-order valence-corrected chi connectivity index (χ4v) is 2.20. The number of hydrogen-bond acceptors (Lipinski definition) is 3. The molecule has 0 atom stereocenters. The Hall–Kier alpha value is -1.71. The van der Waals surface area contributed by atoms with Crippen LogP contribution in [-0.4, -0.2) is 38.0 Å². The smallest absolute Gasteiger partial charge is 0.161 e. The highest BCUT2D eigenvalue weighted by molar-refractivity contribution is 5.97. The standard InChI is InChI=1S/C17H28N2O2/c1-5-7-11-19(12-8-6-2)17(18)14-9-10-15(20-3)16(13-14)21-4/h9-10,13,18H,5-8,11-12H2,1-4H3. The molecular weight excluding hydrogens is 264 g/mol. The Kier molecular flexibility index (Phi) is 7.65. The van der Waals surface area contributed by atoms with Crippen molar-refractivity contribution in [3.05, 3.63) is 23.8 Å². The first kappa shape index (κ1) is 17.3. The largest absolute Gasteiger partial charge is 0.493 e. The molecule has 1 aromatic rings. The molecule has 1 rings (SSSR count). The van der Waals surface area contributed by atoms with Gasteiger partial charge in [-0.25, -0.2) is 0 Å². The monoisotopic (exact) mass is 292 g/mol. The highest BCUT2D eigenvalue weighted by atomic mass is 16.5. The summed E-state index contributed by atoms with van der Waals surface area (Å²) in [6, 6.07) is 5.67. The van der Waals surface area contributed by atoms with Gasteiger partial charge in [-0.05, 0) is 31.0 Å². The first-order valence-electron chi connectivity index (χ1n) is 7.73. The molecule has 1 N–H and O–H groups in total. The number of nitrogens with zero attached hydrogens (tertiary/aromatic N) is 1. The Morgan fingerprint density at radius 2 is 1.57 bits per heavy atom. The van der Waals surface area contributed by atoms with Gasteiger partial charge in [0.25, 0.3) is 0 Å². The van der Waals surface area contributed by atoms with Gasteiger partial charge in [-0.15, -0.1) is 0 Å². The van der Waals surface area contributed by atoms with Crippen molar-refractivity contribution in [2.75, 3.05) is 27.3 Å². The molecule has 118 valence electrons. The summed E-state index contributed by atoms with van der Waals surface area (Å²) < 4.78 is 10.6. The SMILES string of the molecule is CCCCN(CCCC)C(=N)c1ccc(OC)c(OC)c1. The Labute approximate surface area is 128 Å². The Morgan fingerprint density at radius 3 is 2.05 bits per heavy atom. The normalized spacial score (nSPS) is 10.3. The number of benzene rings is 1. The molecule has 0 radical (unpaired) electrons. The fraction of sp³-hybridized carbons (Fsp3) is 0.588. The van der Waals surface area contributed by atoms with Crippen LogP contribution in [0.1, 0.15) is 45.1 Å². The Morgan fingerprint density at radius 1 is 1.00 bits per heavy atom. The molecule has 0 saturated heterocycles. The summed E-state index contributed by atoms with van der Waals surface area (Å²) in [6.07, 6.45) is 4.50. The van der Waals surface area contributed by atoms with Crippen molar-refractivity contribution in [3.8, 4) is 11.5 Å². The molecule has 0 unspecified atom stereocenters. The molecule has 0 amide bonds. The lowest BCUT2D eigenvalue weighted by Crippen LogP contribution is -2.33. The zero-order valence-electron chi connectivity index (χ0n) is 13.7. The van der Waals surface area contributed by atoms with Crippen LogP contribution in [0.3, 0.4) is 0 Å². The topological polar surface area (TPSA) is 45.6 Å². The van der Waals surface area contributed by atoms with E-state index < -0.39 is 0 Å². The molecule has 0 heterocycles. The van der Waals surface area contributed by atoms with E-state index in [0.717, 1.165) is 44.3 Å². The summed E-state index contributed by atoms with van der Waals surface area (Å²) in [5.74, 6) is 1.94. The third kappa shape index (κ3) is 4.96. The zero-order chi connectivity index (χ0) is 15.7. The molecule has 0 bridgehead atoms. The maximum Gasteiger partial charge on any atom is 0.161 e. The summed E-state index contributed by atoms with van der Waals surface area (Å²) in [5, 5.41) is 8.47. The summed E-state index contributed by atoms with van der Waals surface area (Å²) in [6.45, 7) is 6.23. The summed E-state index contributed by atoms with van der Waals surface area (Å²) in [7, 11) is 3.24. The van der Waals surface area contributed by atoms with Gasteiger partial charge in [-0.2, -0.15) is 0 Å². The number of ether oxygens (including phenoxy) is 2. The minimum absolute atomic E-state index is 0.567. The molecule has 0 aliphatic rings. The van der Waals surface area contributed by atoms with Crippen molar-refractivity contribution in [3.63, 3.8) is 0 Å².